The summed E-state index contributed by atoms with van der Waals surface area (Å²) in [5.41, 5.74) is -0.317. The molecule has 0 aromatic heterocycles. The van der Waals surface area contributed by atoms with E-state index in [4.69, 9.17) is 9.47 Å². The molecule has 1 fully saturated rings. The Kier molecular flexibility index (Phi) is 3.14. The molecule has 1 aliphatic carbocycles. The Bertz CT molecular complexity index is 317. The average Bonchev–Trinajstić information content (AvgIpc) is 2.68. The molecule has 15 heavy (non-hydrogen) atoms. The number of fused-ring (bicyclic) bond motifs is 1. The second-order valence-corrected chi connectivity index (χ2v) is 3.65. The van der Waals surface area contributed by atoms with Crippen molar-refractivity contribution in [3.63, 3.8) is 0 Å². The highest BCUT2D eigenvalue weighted by Gasteiger charge is 2.42. The van der Waals surface area contributed by atoms with E-state index in [-0.39, 0.29) is 11.7 Å². The summed E-state index contributed by atoms with van der Waals surface area (Å²) in [4.78, 5) is 10.1. The lowest BCUT2D eigenvalue weighted by Crippen LogP contribution is -2.37. The van der Waals surface area contributed by atoms with Crippen LogP contribution in [0.2, 0.25) is 0 Å². The van der Waals surface area contributed by atoms with Gasteiger partial charge in [0.1, 0.15) is 24.8 Å². The predicted molar refractivity (Wildman–Crippen MR) is 56.3 cm³/mol. The molecular formula is C12H14O3. The third-order valence-electron chi connectivity index (χ3n) is 2.75. The Hall–Kier alpha value is -1.19. The zero-order valence-corrected chi connectivity index (χ0v) is 8.46. The second-order valence-electron chi connectivity index (χ2n) is 3.65. The molecule has 3 heteroatoms. The maximum Gasteiger partial charge on any atom is 0.149 e. The molecule has 1 saturated heterocycles. The molecule has 0 saturated carbocycles. The maximum atomic E-state index is 10.1. The zero-order valence-electron chi connectivity index (χ0n) is 8.46. The summed E-state index contributed by atoms with van der Waals surface area (Å²) in [6.45, 7) is 0.344. The number of carbonyl (C=O) groups excluding carboxylic acids is 1. The Morgan fingerprint density at radius 2 is 2.40 bits per heavy atom. The fourth-order valence-corrected chi connectivity index (χ4v) is 1.94. The van der Waals surface area contributed by atoms with E-state index in [0.29, 0.717) is 6.79 Å². The quantitative estimate of drug-likeness (QED) is 0.519. The molecule has 1 heterocycles. The lowest BCUT2D eigenvalue weighted by Gasteiger charge is -2.29. The van der Waals surface area contributed by atoms with Crippen LogP contribution >= 0.6 is 0 Å². The van der Waals surface area contributed by atoms with Gasteiger partial charge in [-0.05, 0) is 25.0 Å². The van der Waals surface area contributed by atoms with Crippen LogP contribution in [0.25, 0.3) is 0 Å². The van der Waals surface area contributed by atoms with Gasteiger partial charge in [-0.25, -0.2) is 0 Å². The summed E-state index contributed by atoms with van der Waals surface area (Å²) in [5, 5.41) is 0. The molecule has 80 valence electrons. The standard InChI is InChI=1S/C12H14O3/c13-9-5-1-3-7-12-8-4-2-6-11(12)14-10-15-12/h1-2,4-6,8-9,11H,3,7,10H2. The minimum absolute atomic E-state index is 0.0205. The molecule has 0 N–H and O–H groups in total. The highest BCUT2D eigenvalue weighted by atomic mass is 16.7. The first-order valence-corrected chi connectivity index (χ1v) is 5.09. The molecule has 2 aliphatic rings. The monoisotopic (exact) mass is 206 g/mol. The first-order valence-electron chi connectivity index (χ1n) is 5.09. The fraction of sp³-hybridized carbons (Fsp3) is 0.417. The van der Waals surface area contributed by atoms with Gasteiger partial charge >= 0.3 is 0 Å². The Morgan fingerprint density at radius 1 is 1.47 bits per heavy atom. The van der Waals surface area contributed by atoms with Gasteiger partial charge in [0.05, 0.1) is 0 Å². The van der Waals surface area contributed by atoms with Gasteiger partial charge in [-0.1, -0.05) is 24.3 Å². The molecule has 1 aliphatic heterocycles. The summed E-state index contributed by atoms with van der Waals surface area (Å²) in [6.07, 6.45) is 13.8. The van der Waals surface area contributed by atoms with Crippen LogP contribution in [-0.4, -0.2) is 24.8 Å². The van der Waals surface area contributed by atoms with Crippen molar-refractivity contribution in [2.45, 2.75) is 24.5 Å². The van der Waals surface area contributed by atoms with Gasteiger partial charge in [0, 0.05) is 0 Å². The van der Waals surface area contributed by atoms with Crippen LogP contribution in [0.5, 0.6) is 0 Å². The second kappa shape index (κ2) is 4.55. The van der Waals surface area contributed by atoms with Crippen LogP contribution < -0.4 is 0 Å². The highest BCUT2D eigenvalue weighted by molar-refractivity contribution is 5.64. The molecule has 0 spiro atoms. The van der Waals surface area contributed by atoms with E-state index in [1.54, 1.807) is 0 Å². The van der Waals surface area contributed by atoms with Gasteiger partial charge in [-0.15, -0.1) is 0 Å². The molecule has 0 bridgehead atoms. The molecular weight excluding hydrogens is 192 g/mol. The van der Waals surface area contributed by atoms with Crippen LogP contribution in [0.3, 0.4) is 0 Å². The Morgan fingerprint density at radius 3 is 3.27 bits per heavy atom. The van der Waals surface area contributed by atoms with Crippen molar-refractivity contribution < 1.29 is 14.3 Å². The topological polar surface area (TPSA) is 35.5 Å². The molecule has 2 unspecified atom stereocenters. The largest absolute Gasteiger partial charge is 0.345 e. The fourth-order valence-electron chi connectivity index (χ4n) is 1.94. The van der Waals surface area contributed by atoms with Crippen molar-refractivity contribution in [3.05, 3.63) is 36.5 Å². The van der Waals surface area contributed by atoms with E-state index in [0.717, 1.165) is 19.1 Å². The molecule has 0 radical (unpaired) electrons. The lowest BCUT2D eigenvalue weighted by molar-refractivity contribution is -0.104. The van der Waals surface area contributed by atoms with Crippen LogP contribution in [0.1, 0.15) is 12.8 Å². The minimum atomic E-state index is -0.317. The number of ether oxygens (including phenoxy) is 2. The van der Waals surface area contributed by atoms with E-state index in [1.165, 1.54) is 6.08 Å². The third kappa shape index (κ3) is 2.08. The van der Waals surface area contributed by atoms with Gasteiger partial charge in [-0.3, -0.25) is 4.79 Å². The molecule has 0 aromatic carbocycles. The van der Waals surface area contributed by atoms with Crippen molar-refractivity contribution in [1.82, 2.24) is 0 Å². The molecule has 2 rings (SSSR count). The minimum Gasteiger partial charge on any atom is -0.345 e. The SMILES string of the molecule is O=CC=CCCC12C=CC=CC1OCO2. The summed E-state index contributed by atoms with van der Waals surface area (Å²) < 4.78 is 11.1. The Balaban J connectivity index is 1.98. The first-order chi connectivity index (χ1) is 7.37. The number of carbonyl (C=O) groups is 1. The van der Waals surface area contributed by atoms with Gasteiger partial charge in [0.2, 0.25) is 0 Å². The van der Waals surface area contributed by atoms with Crippen LogP contribution in [-0.2, 0) is 14.3 Å². The van der Waals surface area contributed by atoms with E-state index in [1.807, 2.05) is 30.4 Å². The lowest BCUT2D eigenvalue weighted by atomic mass is 9.88. The van der Waals surface area contributed by atoms with Crippen molar-refractivity contribution in [2.75, 3.05) is 6.79 Å². The summed E-state index contributed by atoms with van der Waals surface area (Å²) in [6, 6.07) is 0. The molecule has 0 aromatic rings. The smallest absolute Gasteiger partial charge is 0.149 e. The van der Waals surface area contributed by atoms with Crippen LogP contribution in [0, 0.1) is 0 Å². The normalized spacial score (nSPS) is 33.5. The number of hydrogen-bond acceptors (Lipinski definition) is 3. The van der Waals surface area contributed by atoms with Crippen molar-refractivity contribution in [2.24, 2.45) is 0 Å². The van der Waals surface area contributed by atoms with E-state index in [9.17, 15) is 4.79 Å². The van der Waals surface area contributed by atoms with Gasteiger partial charge in [-0.2, -0.15) is 0 Å². The molecule has 3 nitrogen and oxygen atoms in total. The summed E-state index contributed by atoms with van der Waals surface area (Å²) in [5.74, 6) is 0. The predicted octanol–water partition coefficient (Wildman–Crippen LogP) is 1.76. The zero-order chi connectivity index (χ0) is 10.6. The van der Waals surface area contributed by atoms with E-state index < -0.39 is 0 Å². The van der Waals surface area contributed by atoms with Gasteiger partial charge in [0.25, 0.3) is 0 Å². The van der Waals surface area contributed by atoms with Crippen molar-refractivity contribution >= 4 is 6.29 Å². The van der Waals surface area contributed by atoms with Crippen LogP contribution in [0.15, 0.2) is 36.5 Å². The van der Waals surface area contributed by atoms with Gasteiger partial charge in [0.15, 0.2) is 0 Å². The van der Waals surface area contributed by atoms with Crippen molar-refractivity contribution in [1.29, 1.82) is 0 Å². The number of hydrogen-bond donors (Lipinski definition) is 0. The third-order valence-corrected chi connectivity index (χ3v) is 2.75. The summed E-state index contributed by atoms with van der Waals surface area (Å²) >= 11 is 0. The molecule has 0 amide bonds. The van der Waals surface area contributed by atoms with E-state index in [2.05, 4.69) is 0 Å². The Labute approximate surface area is 89.1 Å². The number of rotatable bonds is 4. The molecule has 2 atom stereocenters. The van der Waals surface area contributed by atoms with E-state index >= 15 is 0 Å². The number of aldehydes is 1. The van der Waals surface area contributed by atoms with Crippen molar-refractivity contribution in [3.8, 4) is 0 Å². The van der Waals surface area contributed by atoms with Crippen LogP contribution in [0.4, 0.5) is 0 Å². The maximum absolute atomic E-state index is 10.1. The highest BCUT2D eigenvalue weighted by Crippen LogP contribution is 2.34. The average molecular weight is 206 g/mol. The first kappa shape index (κ1) is 10.3. The van der Waals surface area contributed by atoms with Gasteiger partial charge < -0.3 is 9.47 Å². The summed E-state index contributed by atoms with van der Waals surface area (Å²) in [7, 11) is 0. The number of allylic oxidation sites excluding steroid dienone is 4.